The van der Waals surface area contributed by atoms with Gasteiger partial charge in [0.1, 0.15) is 5.39 Å². The van der Waals surface area contributed by atoms with Crippen LogP contribution in [0.4, 0.5) is 5.95 Å². The van der Waals surface area contributed by atoms with Gasteiger partial charge < -0.3 is 9.64 Å². The Kier molecular flexibility index (Phi) is 3.24. The molecule has 1 unspecified atom stereocenters. The van der Waals surface area contributed by atoms with Crippen LogP contribution < -0.4 is 10.5 Å². The van der Waals surface area contributed by atoms with Crippen LogP contribution in [-0.4, -0.2) is 45.5 Å². The van der Waals surface area contributed by atoms with E-state index >= 15 is 0 Å². The first-order chi connectivity index (χ1) is 9.86. The van der Waals surface area contributed by atoms with Gasteiger partial charge in [-0.25, -0.2) is 4.68 Å². The summed E-state index contributed by atoms with van der Waals surface area (Å²) < 4.78 is 7.33. The molecule has 0 aliphatic carbocycles. The van der Waals surface area contributed by atoms with Crippen molar-refractivity contribution in [3.63, 3.8) is 0 Å². The number of anilines is 1. The Bertz CT molecular complexity index is 712. The molecule has 0 spiro atoms. The lowest BCUT2D eigenvalue weighted by Gasteiger charge is -2.31. The van der Waals surface area contributed by atoms with Crippen LogP contribution >= 0.6 is 0 Å². The molecule has 1 atom stereocenters. The Labute approximate surface area is 122 Å². The van der Waals surface area contributed by atoms with E-state index in [4.69, 9.17) is 4.74 Å². The lowest BCUT2D eigenvalue weighted by Crippen LogP contribution is -2.42. The normalized spacial score (nSPS) is 20.2. The van der Waals surface area contributed by atoms with Crippen LogP contribution in [0.3, 0.4) is 0 Å². The average molecular weight is 291 g/mol. The number of H-pyrrole nitrogens is 1. The molecule has 0 saturated carbocycles. The quantitative estimate of drug-likeness (QED) is 0.851. The number of rotatable bonds is 1. The van der Waals surface area contributed by atoms with Crippen molar-refractivity contribution in [2.24, 2.45) is 0 Å². The van der Waals surface area contributed by atoms with Crippen LogP contribution in [0.5, 0.6) is 0 Å². The number of nitrogens with one attached hydrogen (secondary N) is 1. The summed E-state index contributed by atoms with van der Waals surface area (Å²) in [7, 11) is 0. The first-order valence-corrected chi connectivity index (χ1v) is 7.21. The van der Waals surface area contributed by atoms with Crippen molar-refractivity contribution in [2.75, 3.05) is 24.6 Å². The summed E-state index contributed by atoms with van der Waals surface area (Å²) in [6, 6.07) is 0. The molecule has 1 fully saturated rings. The molecule has 1 N–H and O–H groups in total. The Hall–Kier alpha value is -1.89. The molecule has 1 saturated heterocycles. The Morgan fingerprint density at radius 2 is 2.19 bits per heavy atom. The van der Waals surface area contributed by atoms with Gasteiger partial charge in [-0.15, -0.1) is 0 Å². The third-order valence-electron chi connectivity index (χ3n) is 3.60. The second kappa shape index (κ2) is 4.84. The van der Waals surface area contributed by atoms with Gasteiger partial charge >= 0.3 is 0 Å². The Balaban J connectivity index is 2.11. The zero-order valence-corrected chi connectivity index (χ0v) is 12.9. The first-order valence-electron chi connectivity index (χ1n) is 7.21. The van der Waals surface area contributed by atoms with Crippen molar-refractivity contribution in [1.82, 2.24) is 19.7 Å². The van der Waals surface area contributed by atoms with Gasteiger partial charge in [0.2, 0.25) is 5.95 Å². The van der Waals surface area contributed by atoms with E-state index in [1.165, 1.54) is 0 Å². The number of nitrogens with zero attached hydrogens (tertiary/aromatic N) is 4. The third kappa shape index (κ3) is 2.53. The lowest BCUT2D eigenvalue weighted by atomic mass is 10.1. The second-order valence-corrected chi connectivity index (χ2v) is 6.48. The SMILES string of the molecule is CC1CN(c2nc3c(cnn3C(C)(C)C)c(=O)[nH]2)CCO1. The van der Waals surface area contributed by atoms with E-state index in [9.17, 15) is 4.79 Å². The molecule has 114 valence electrons. The maximum Gasteiger partial charge on any atom is 0.263 e. The van der Waals surface area contributed by atoms with Crippen LogP contribution in [0.1, 0.15) is 27.7 Å². The largest absolute Gasteiger partial charge is 0.375 e. The molecule has 1 aliphatic rings. The second-order valence-electron chi connectivity index (χ2n) is 6.48. The van der Waals surface area contributed by atoms with Crippen molar-refractivity contribution in [1.29, 1.82) is 0 Å². The molecule has 0 amide bonds. The van der Waals surface area contributed by atoms with Gasteiger partial charge in [0, 0.05) is 13.1 Å². The summed E-state index contributed by atoms with van der Waals surface area (Å²) in [5.74, 6) is 0.591. The molecule has 0 radical (unpaired) electrons. The molecule has 0 aromatic carbocycles. The van der Waals surface area contributed by atoms with Crippen molar-refractivity contribution in [3.05, 3.63) is 16.6 Å². The Morgan fingerprint density at radius 1 is 1.43 bits per heavy atom. The lowest BCUT2D eigenvalue weighted by molar-refractivity contribution is 0.0526. The average Bonchev–Trinajstić information content (AvgIpc) is 2.83. The summed E-state index contributed by atoms with van der Waals surface area (Å²) in [5.41, 5.74) is 0.253. The van der Waals surface area contributed by atoms with Crippen LogP contribution in [0.15, 0.2) is 11.0 Å². The highest BCUT2D eigenvalue weighted by molar-refractivity contribution is 5.74. The fourth-order valence-corrected chi connectivity index (χ4v) is 2.56. The molecule has 3 rings (SSSR count). The van der Waals surface area contributed by atoms with Crippen LogP contribution in [0, 0.1) is 0 Å². The minimum absolute atomic E-state index is 0.132. The fourth-order valence-electron chi connectivity index (χ4n) is 2.56. The minimum atomic E-state index is -0.224. The number of fused-ring (bicyclic) bond motifs is 1. The topological polar surface area (TPSA) is 76.0 Å². The summed E-state index contributed by atoms with van der Waals surface area (Å²) in [5, 5.41) is 4.84. The molecule has 0 bridgehead atoms. The van der Waals surface area contributed by atoms with Crippen LogP contribution in [0.2, 0.25) is 0 Å². The maximum absolute atomic E-state index is 12.3. The zero-order valence-electron chi connectivity index (χ0n) is 12.9. The van der Waals surface area contributed by atoms with Crippen LogP contribution in [0.25, 0.3) is 11.0 Å². The highest BCUT2D eigenvalue weighted by Gasteiger charge is 2.23. The van der Waals surface area contributed by atoms with Crippen LogP contribution in [-0.2, 0) is 10.3 Å². The van der Waals surface area contributed by atoms with Gasteiger partial charge in [0.05, 0.1) is 24.4 Å². The van der Waals surface area contributed by atoms with E-state index in [-0.39, 0.29) is 17.2 Å². The highest BCUT2D eigenvalue weighted by atomic mass is 16.5. The summed E-state index contributed by atoms with van der Waals surface area (Å²) in [6.45, 7) is 10.2. The van der Waals surface area contributed by atoms with E-state index < -0.39 is 0 Å². The van der Waals surface area contributed by atoms with E-state index in [0.29, 0.717) is 23.6 Å². The molecular weight excluding hydrogens is 270 g/mol. The molecule has 1 aliphatic heterocycles. The van der Waals surface area contributed by atoms with Gasteiger partial charge in [0.25, 0.3) is 5.56 Å². The van der Waals surface area contributed by atoms with E-state index in [0.717, 1.165) is 13.1 Å². The van der Waals surface area contributed by atoms with Crippen molar-refractivity contribution < 1.29 is 4.74 Å². The van der Waals surface area contributed by atoms with Crippen molar-refractivity contribution >= 4 is 17.0 Å². The molecule has 7 nitrogen and oxygen atoms in total. The molecule has 2 aromatic rings. The van der Waals surface area contributed by atoms with Gasteiger partial charge in [-0.1, -0.05) is 0 Å². The van der Waals surface area contributed by atoms with E-state index in [1.807, 2.05) is 27.7 Å². The number of hydrogen-bond acceptors (Lipinski definition) is 5. The smallest absolute Gasteiger partial charge is 0.263 e. The molecule has 3 heterocycles. The predicted molar refractivity (Wildman–Crippen MR) is 80.8 cm³/mol. The van der Waals surface area contributed by atoms with Gasteiger partial charge in [-0.2, -0.15) is 10.1 Å². The van der Waals surface area contributed by atoms with E-state index in [1.54, 1.807) is 10.9 Å². The fraction of sp³-hybridized carbons (Fsp3) is 0.643. The number of aromatic nitrogens is 4. The highest BCUT2D eigenvalue weighted by Crippen LogP contribution is 2.20. The molecule has 2 aromatic heterocycles. The monoisotopic (exact) mass is 291 g/mol. The molecular formula is C14H21N5O2. The molecule has 21 heavy (non-hydrogen) atoms. The minimum Gasteiger partial charge on any atom is -0.375 e. The van der Waals surface area contributed by atoms with Gasteiger partial charge in [-0.05, 0) is 27.7 Å². The Morgan fingerprint density at radius 3 is 2.86 bits per heavy atom. The van der Waals surface area contributed by atoms with Crippen molar-refractivity contribution in [3.8, 4) is 0 Å². The van der Waals surface area contributed by atoms with Crippen molar-refractivity contribution in [2.45, 2.75) is 39.3 Å². The molecule has 7 heteroatoms. The summed E-state index contributed by atoms with van der Waals surface area (Å²) >= 11 is 0. The van der Waals surface area contributed by atoms with Gasteiger partial charge in [0.15, 0.2) is 5.65 Å². The number of morpholine rings is 1. The van der Waals surface area contributed by atoms with E-state index in [2.05, 4.69) is 20.0 Å². The predicted octanol–water partition coefficient (Wildman–Crippen LogP) is 1.10. The maximum atomic E-state index is 12.3. The third-order valence-corrected chi connectivity index (χ3v) is 3.60. The number of ether oxygens (including phenoxy) is 1. The number of hydrogen-bond donors (Lipinski definition) is 1. The zero-order chi connectivity index (χ0) is 15.2. The summed E-state index contributed by atoms with van der Waals surface area (Å²) in [6.07, 6.45) is 1.71. The first kappa shape index (κ1) is 14.1. The summed E-state index contributed by atoms with van der Waals surface area (Å²) in [4.78, 5) is 21.8. The standard InChI is InChI=1S/C14H21N5O2/c1-9-8-18(5-6-21-9)13-16-11-10(12(20)17-13)7-15-19(11)14(2,3)4/h7,9H,5-6,8H2,1-4H3,(H,16,17,20). The number of aromatic amines is 1. The van der Waals surface area contributed by atoms with Gasteiger partial charge in [-0.3, -0.25) is 9.78 Å².